The fourth-order valence-corrected chi connectivity index (χ4v) is 2.09. The van der Waals surface area contributed by atoms with Crippen LogP contribution in [-0.2, 0) is 14.8 Å². The Morgan fingerprint density at radius 1 is 1.39 bits per heavy atom. The summed E-state index contributed by atoms with van der Waals surface area (Å²) in [7, 11) is -3.78. The summed E-state index contributed by atoms with van der Waals surface area (Å²) in [4.78, 5) is 18.4. The van der Waals surface area contributed by atoms with Crippen molar-refractivity contribution < 1.29 is 13.2 Å². The minimum Gasteiger partial charge on any atom is -0.368 e. The van der Waals surface area contributed by atoms with Crippen molar-refractivity contribution in [3.63, 3.8) is 0 Å². The number of amides is 1. The van der Waals surface area contributed by atoms with Gasteiger partial charge in [0.1, 0.15) is 4.90 Å². The lowest BCUT2D eigenvalue weighted by molar-refractivity contribution is -0.120. The van der Waals surface area contributed by atoms with E-state index < -0.39 is 10.0 Å². The highest BCUT2D eigenvalue weighted by Gasteiger charge is 2.24. The largest absolute Gasteiger partial charge is 0.368 e. The van der Waals surface area contributed by atoms with Gasteiger partial charge < -0.3 is 11.1 Å². The van der Waals surface area contributed by atoms with Gasteiger partial charge in [0.15, 0.2) is 0 Å². The summed E-state index contributed by atoms with van der Waals surface area (Å²) in [6.07, 6.45) is 4.07. The van der Waals surface area contributed by atoms with Crippen molar-refractivity contribution in [1.82, 2.24) is 20.0 Å². The van der Waals surface area contributed by atoms with Gasteiger partial charge in [0.25, 0.3) is 0 Å². The summed E-state index contributed by atoms with van der Waals surface area (Å²) in [5, 5.41) is 2.67. The Bertz CT molecular complexity index is 538. The molecule has 1 aromatic rings. The number of hydrogen-bond acceptors (Lipinski definition) is 6. The summed E-state index contributed by atoms with van der Waals surface area (Å²) in [5.74, 6) is -0.363. The van der Waals surface area contributed by atoms with E-state index in [0.29, 0.717) is 0 Å². The summed E-state index contributed by atoms with van der Waals surface area (Å²) < 4.78 is 25.6. The lowest BCUT2D eigenvalue weighted by Gasteiger charge is -2.06. The first-order chi connectivity index (χ1) is 8.47. The standard InChI is InChI=1S/C9H13N5O3S/c10-9-11-3-7(4-12-9)18(16,17)13-5-8(15)14-6-1-2-6/h3-4,6,13H,1-2,5H2,(H,14,15)(H2,10,11,12). The summed E-state index contributed by atoms with van der Waals surface area (Å²) >= 11 is 0. The topological polar surface area (TPSA) is 127 Å². The van der Waals surface area contributed by atoms with Gasteiger partial charge in [-0.05, 0) is 12.8 Å². The fraction of sp³-hybridized carbons (Fsp3) is 0.444. The van der Waals surface area contributed by atoms with Gasteiger partial charge in [-0.3, -0.25) is 4.79 Å². The van der Waals surface area contributed by atoms with Gasteiger partial charge in [0, 0.05) is 6.04 Å². The third-order valence-electron chi connectivity index (χ3n) is 2.32. The number of hydrogen-bond donors (Lipinski definition) is 3. The van der Waals surface area contributed by atoms with E-state index in [0.717, 1.165) is 25.2 Å². The molecule has 1 amide bonds. The van der Waals surface area contributed by atoms with Crippen molar-refractivity contribution >= 4 is 21.9 Å². The van der Waals surface area contributed by atoms with Crippen LogP contribution >= 0.6 is 0 Å². The highest BCUT2D eigenvalue weighted by Crippen LogP contribution is 2.18. The van der Waals surface area contributed by atoms with E-state index >= 15 is 0 Å². The highest BCUT2D eigenvalue weighted by atomic mass is 32.2. The molecule has 8 nitrogen and oxygen atoms in total. The Morgan fingerprint density at radius 2 is 2.00 bits per heavy atom. The van der Waals surface area contributed by atoms with E-state index in [1.807, 2.05) is 0 Å². The molecule has 4 N–H and O–H groups in total. The number of nitrogens with two attached hydrogens (primary N) is 1. The summed E-state index contributed by atoms with van der Waals surface area (Å²) in [5.41, 5.74) is 5.25. The molecule has 0 aliphatic heterocycles. The third-order valence-corrected chi connectivity index (χ3v) is 3.68. The van der Waals surface area contributed by atoms with Crippen molar-refractivity contribution in [2.45, 2.75) is 23.8 Å². The van der Waals surface area contributed by atoms with Gasteiger partial charge in [-0.25, -0.2) is 23.1 Å². The van der Waals surface area contributed by atoms with Gasteiger partial charge in [0.05, 0.1) is 18.9 Å². The molecule has 0 unspecified atom stereocenters. The number of carbonyl (C=O) groups is 1. The second-order valence-electron chi connectivity index (χ2n) is 3.94. The fourth-order valence-electron chi connectivity index (χ4n) is 1.22. The van der Waals surface area contributed by atoms with Crippen molar-refractivity contribution in [3.8, 4) is 0 Å². The molecule has 18 heavy (non-hydrogen) atoms. The van der Waals surface area contributed by atoms with E-state index in [1.165, 1.54) is 0 Å². The predicted octanol–water partition coefficient (Wildman–Crippen LogP) is -1.38. The number of nitrogens with one attached hydrogen (secondary N) is 2. The molecule has 0 saturated heterocycles. The smallest absolute Gasteiger partial charge is 0.244 e. The number of anilines is 1. The number of aromatic nitrogens is 2. The van der Waals surface area contributed by atoms with Crippen molar-refractivity contribution in [2.24, 2.45) is 0 Å². The Balaban J connectivity index is 1.94. The minimum atomic E-state index is -3.78. The van der Waals surface area contributed by atoms with Crippen LogP contribution in [0.15, 0.2) is 17.3 Å². The Hall–Kier alpha value is -1.74. The SMILES string of the molecule is Nc1ncc(S(=O)(=O)NCC(=O)NC2CC2)cn1. The first-order valence-corrected chi connectivity index (χ1v) is 6.82. The molecule has 1 aromatic heterocycles. The molecule has 1 saturated carbocycles. The lowest BCUT2D eigenvalue weighted by Crippen LogP contribution is -2.37. The van der Waals surface area contributed by atoms with Crippen molar-refractivity contribution in [2.75, 3.05) is 12.3 Å². The normalized spacial score (nSPS) is 15.3. The van der Waals surface area contributed by atoms with Crippen LogP contribution in [0.1, 0.15) is 12.8 Å². The molecule has 1 fully saturated rings. The van der Waals surface area contributed by atoms with Crippen LogP contribution in [0.4, 0.5) is 5.95 Å². The minimum absolute atomic E-state index is 0.0135. The van der Waals surface area contributed by atoms with Gasteiger partial charge >= 0.3 is 0 Å². The number of nitrogen functional groups attached to an aromatic ring is 1. The average Bonchev–Trinajstić information content (AvgIpc) is 3.11. The molecule has 1 aliphatic carbocycles. The van der Waals surface area contributed by atoms with Gasteiger partial charge in [-0.2, -0.15) is 0 Å². The molecule has 2 rings (SSSR count). The quantitative estimate of drug-likeness (QED) is 0.605. The summed E-state index contributed by atoms with van der Waals surface area (Å²) in [6, 6.07) is 0.196. The molecule has 1 aliphatic rings. The van der Waals surface area contributed by atoms with E-state index in [4.69, 9.17) is 5.73 Å². The molecule has 0 aromatic carbocycles. The second-order valence-corrected chi connectivity index (χ2v) is 5.71. The maximum Gasteiger partial charge on any atom is 0.244 e. The number of carbonyl (C=O) groups excluding carboxylic acids is 1. The predicted molar refractivity (Wildman–Crippen MR) is 62.8 cm³/mol. The zero-order valence-electron chi connectivity index (χ0n) is 9.46. The average molecular weight is 271 g/mol. The van der Waals surface area contributed by atoms with Crippen LogP contribution in [0, 0.1) is 0 Å². The van der Waals surface area contributed by atoms with Gasteiger partial charge in [-0.15, -0.1) is 0 Å². The van der Waals surface area contributed by atoms with Crippen molar-refractivity contribution in [3.05, 3.63) is 12.4 Å². The number of sulfonamides is 1. The molecular weight excluding hydrogens is 258 g/mol. The third kappa shape index (κ3) is 3.37. The monoisotopic (exact) mass is 271 g/mol. The zero-order valence-corrected chi connectivity index (χ0v) is 10.3. The second kappa shape index (κ2) is 4.86. The molecule has 9 heteroatoms. The maximum absolute atomic E-state index is 11.7. The zero-order chi connectivity index (χ0) is 13.2. The van der Waals surface area contributed by atoms with E-state index in [9.17, 15) is 13.2 Å². The molecule has 0 spiro atoms. The van der Waals surface area contributed by atoms with Crippen LogP contribution < -0.4 is 15.8 Å². The van der Waals surface area contributed by atoms with E-state index in [-0.39, 0.29) is 29.3 Å². The highest BCUT2D eigenvalue weighted by molar-refractivity contribution is 7.89. The van der Waals surface area contributed by atoms with Crippen LogP contribution in [-0.4, -0.2) is 36.9 Å². The van der Waals surface area contributed by atoms with Crippen LogP contribution in [0.2, 0.25) is 0 Å². The Labute approximate surface area is 104 Å². The molecule has 0 bridgehead atoms. The number of nitrogens with zero attached hydrogens (tertiary/aromatic N) is 2. The van der Waals surface area contributed by atoms with Crippen LogP contribution in [0.25, 0.3) is 0 Å². The Morgan fingerprint density at radius 3 is 2.56 bits per heavy atom. The Kier molecular flexibility index (Phi) is 3.43. The van der Waals surface area contributed by atoms with Crippen LogP contribution in [0.3, 0.4) is 0 Å². The number of rotatable bonds is 5. The molecular formula is C9H13N5O3S. The van der Waals surface area contributed by atoms with E-state index in [2.05, 4.69) is 20.0 Å². The molecule has 1 heterocycles. The first kappa shape index (κ1) is 12.7. The van der Waals surface area contributed by atoms with Crippen molar-refractivity contribution in [1.29, 1.82) is 0 Å². The lowest BCUT2D eigenvalue weighted by atomic mass is 10.5. The van der Waals surface area contributed by atoms with E-state index in [1.54, 1.807) is 0 Å². The molecule has 0 radical (unpaired) electrons. The maximum atomic E-state index is 11.7. The first-order valence-electron chi connectivity index (χ1n) is 5.34. The molecule has 98 valence electrons. The van der Waals surface area contributed by atoms with Gasteiger partial charge in [0.2, 0.25) is 21.9 Å². The molecule has 0 atom stereocenters. The van der Waals surface area contributed by atoms with Crippen LogP contribution in [0.5, 0.6) is 0 Å². The van der Waals surface area contributed by atoms with Gasteiger partial charge in [-0.1, -0.05) is 0 Å². The summed E-state index contributed by atoms with van der Waals surface area (Å²) in [6.45, 7) is -0.302.